The van der Waals surface area contributed by atoms with Crippen LogP contribution in [0.15, 0.2) is 47.4 Å². The number of benzene rings is 2. The fourth-order valence-corrected chi connectivity index (χ4v) is 2.38. The first-order chi connectivity index (χ1) is 7.15. The molecular formula is C11H10Na2O3S. The van der Waals surface area contributed by atoms with E-state index in [1.807, 2.05) is 18.2 Å². The predicted molar refractivity (Wildman–Crippen MR) is 69.7 cm³/mol. The number of rotatable bonds is 2. The molecular weight excluding hydrogens is 258 g/mol. The zero-order valence-electron chi connectivity index (χ0n) is 10.2. The van der Waals surface area contributed by atoms with Crippen LogP contribution in [0.1, 0.15) is 0 Å². The van der Waals surface area contributed by atoms with Gasteiger partial charge in [-0.25, -0.2) is 0 Å². The third-order valence-electron chi connectivity index (χ3n) is 2.24. The Morgan fingerprint density at radius 2 is 1.53 bits per heavy atom. The predicted octanol–water partition coefficient (Wildman–Crippen LogP) is 1.41. The Balaban J connectivity index is 0.00000128. The molecule has 80 valence electrons. The molecule has 0 amide bonds. The molecule has 2 rings (SSSR count). The molecule has 0 fully saturated rings. The summed E-state index contributed by atoms with van der Waals surface area (Å²) in [5.74, 6) is 0. The van der Waals surface area contributed by atoms with E-state index in [-0.39, 0.29) is 64.0 Å². The molecule has 0 saturated carbocycles. The fourth-order valence-electron chi connectivity index (χ4n) is 1.50. The third-order valence-corrected chi connectivity index (χ3v) is 3.57. The Morgan fingerprint density at radius 3 is 2.18 bits per heavy atom. The second-order valence-corrected chi connectivity index (χ2v) is 4.78. The largest absolute Gasteiger partial charge is 0.297 e. The third kappa shape index (κ3) is 3.78. The van der Waals surface area contributed by atoms with Crippen LogP contribution >= 0.6 is 0 Å². The number of fused-ring (bicyclic) bond motifs is 1. The molecule has 2 aromatic carbocycles. The summed E-state index contributed by atoms with van der Waals surface area (Å²) in [5, 5.41) is 1.57. The molecule has 0 heterocycles. The SMILES string of the molecule is COS(=O)(=O)c1cccc2ccccc12.[Na].[Na]. The molecule has 6 heteroatoms. The van der Waals surface area contributed by atoms with E-state index in [4.69, 9.17) is 0 Å². The van der Waals surface area contributed by atoms with E-state index in [9.17, 15) is 8.42 Å². The number of hydrogen-bond acceptors (Lipinski definition) is 3. The van der Waals surface area contributed by atoms with Crippen LogP contribution in [-0.2, 0) is 14.3 Å². The second kappa shape index (κ2) is 7.26. The van der Waals surface area contributed by atoms with Gasteiger partial charge in [0, 0.05) is 64.5 Å². The summed E-state index contributed by atoms with van der Waals surface area (Å²) >= 11 is 0. The maximum atomic E-state index is 11.6. The van der Waals surface area contributed by atoms with E-state index in [0.29, 0.717) is 5.39 Å². The second-order valence-electron chi connectivity index (χ2n) is 3.10. The Hall–Kier alpha value is 0.610. The van der Waals surface area contributed by atoms with E-state index in [1.165, 1.54) is 0 Å². The van der Waals surface area contributed by atoms with E-state index >= 15 is 0 Å². The molecule has 0 aliphatic rings. The smallest absolute Gasteiger partial charge is 0.270 e. The van der Waals surface area contributed by atoms with Gasteiger partial charge in [0.15, 0.2) is 0 Å². The van der Waals surface area contributed by atoms with Crippen LogP contribution in [0.25, 0.3) is 10.8 Å². The van der Waals surface area contributed by atoms with Gasteiger partial charge in [-0.2, -0.15) is 8.42 Å². The van der Waals surface area contributed by atoms with Gasteiger partial charge in [-0.3, -0.25) is 4.18 Å². The molecule has 0 spiro atoms. The topological polar surface area (TPSA) is 43.4 Å². The van der Waals surface area contributed by atoms with Gasteiger partial charge < -0.3 is 0 Å². The molecule has 0 aliphatic carbocycles. The van der Waals surface area contributed by atoms with Crippen molar-refractivity contribution >= 4 is 80.0 Å². The van der Waals surface area contributed by atoms with Gasteiger partial charge in [0.1, 0.15) is 4.90 Å². The Bertz CT molecular complexity index is 591. The molecule has 0 saturated heterocycles. The van der Waals surface area contributed by atoms with Crippen molar-refractivity contribution in [2.24, 2.45) is 0 Å². The maximum Gasteiger partial charge on any atom is 0.297 e. The molecule has 0 bridgehead atoms. The molecule has 0 aromatic heterocycles. The molecule has 2 radical (unpaired) electrons. The standard InChI is InChI=1S/C11H10O3S.2Na/c1-14-15(12,13)11-8-4-6-9-5-2-3-7-10(9)11;;/h2-8H,1H3;;. The average molecular weight is 268 g/mol. The summed E-state index contributed by atoms with van der Waals surface area (Å²) in [5.41, 5.74) is 0. The van der Waals surface area contributed by atoms with Crippen molar-refractivity contribution < 1.29 is 12.6 Å². The van der Waals surface area contributed by atoms with Gasteiger partial charge in [-0.05, 0) is 11.5 Å². The van der Waals surface area contributed by atoms with Crippen LogP contribution in [0.2, 0.25) is 0 Å². The van der Waals surface area contributed by atoms with Crippen LogP contribution < -0.4 is 0 Å². The van der Waals surface area contributed by atoms with Gasteiger partial charge in [0.2, 0.25) is 0 Å². The van der Waals surface area contributed by atoms with Crippen LogP contribution in [-0.4, -0.2) is 74.6 Å². The number of hydrogen-bond donors (Lipinski definition) is 0. The zero-order valence-corrected chi connectivity index (χ0v) is 15.0. The first-order valence-electron chi connectivity index (χ1n) is 4.43. The van der Waals surface area contributed by atoms with Crippen LogP contribution in [0.3, 0.4) is 0 Å². The summed E-state index contributed by atoms with van der Waals surface area (Å²) in [6.07, 6.45) is 0. The van der Waals surface area contributed by atoms with Crippen molar-refractivity contribution in [2.75, 3.05) is 7.11 Å². The Morgan fingerprint density at radius 1 is 0.941 bits per heavy atom. The van der Waals surface area contributed by atoms with Crippen molar-refractivity contribution in [1.82, 2.24) is 0 Å². The summed E-state index contributed by atoms with van der Waals surface area (Å²) < 4.78 is 27.7. The summed E-state index contributed by atoms with van der Waals surface area (Å²) in [6.45, 7) is 0. The Kier molecular flexibility index (Phi) is 7.52. The van der Waals surface area contributed by atoms with Crippen molar-refractivity contribution in [1.29, 1.82) is 0 Å². The van der Waals surface area contributed by atoms with Crippen molar-refractivity contribution in [3.05, 3.63) is 42.5 Å². The van der Waals surface area contributed by atoms with Crippen LogP contribution in [0.5, 0.6) is 0 Å². The zero-order chi connectivity index (χ0) is 10.9. The van der Waals surface area contributed by atoms with Gasteiger partial charge in [0.25, 0.3) is 10.1 Å². The molecule has 3 nitrogen and oxygen atoms in total. The van der Waals surface area contributed by atoms with Gasteiger partial charge in [0.05, 0.1) is 7.11 Å². The summed E-state index contributed by atoms with van der Waals surface area (Å²) in [4.78, 5) is 0.211. The molecule has 17 heavy (non-hydrogen) atoms. The van der Waals surface area contributed by atoms with Gasteiger partial charge in [-0.15, -0.1) is 0 Å². The van der Waals surface area contributed by atoms with Crippen LogP contribution in [0.4, 0.5) is 0 Å². The average Bonchev–Trinajstić information content (AvgIpc) is 2.28. The molecule has 0 atom stereocenters. The monoisotopic (exact) mass is 268 g/mol. The minimum absolute atomic E-state index is 0. The first-order valence-corrected chi connectivity index (χ1v) is 5.84. The minimum atomic E-state index is -3.62. The van der Waals surface area contributed by atoms with Crippen molar-refractivity contribution in [3.8, 4) is 0 Å². The summed E-state index contributed by atoms with van der Waals surface area (Å²) in [6, 6.07) is 12.4. The molecule has 0 unspecified atom stereocenters. The van der Waals surface area contributed by atoms with E-state index < -0.39 is 10.1 Å². The summed E-state index contributed by atoms with van der Waals surface area (Å²) in [7, 11) is -2.46. The molecule has 0 N–H and O–H groups in total. The molecule has 0 aliphatic heterocycles. The Labute approximate surface area is 145 Å². The van der Waals surface area contributed by atoms with Gasteiger partial charge >= 0.3 is 0 Å². The normalized spacial score (nSPS) is 10.4. The van der Waals surface area contributed by atoms with Crippen molar-refractivity contribution in [2.45, 2.75) is 4.90 Å². The van der Waals surface area contributed by atoms with Crippen LogP contribution in [0, 0.1) is 0 Å². The first kappa shape index (κ1) is 17.6. The minimum Gasteiger partial charge on any atom is -0.270 e. The maximum absolute atomic E-state index is 11.6. The van der Waals surface area contributed by atoms with E-state index in [2.05, 4.69) is 4.18 Å². The quantitative estimate of drug-likeness (QED) is 0.611. The fraction of sp³-hybridized carbons (Fsp3) is 0.0909. The van der Waals surface area contributed by atoms with Crippen molar-refractivity contribution in [3.63, 3.8) is 0 Å². The molecule has 2 aromatic rings. The van der Waals surface area contributed by atoms with E-state index in [1.54, 1.807) is 24.3 Å². The van der Waals surface area contributed by atoms with Gasteiger partial charge in [-0.1, -0.05) is 36.4 Å². The van der Waals surface area contributed by atoms with E-state index in [0.717, 1.165) is 12.5 Å².